The number of carbonyl (C=O) groups excluding carboxylic acids is 2. The molecular weight excluding hydrogens is 501 g/mol. The molecule has 2 N–H and O–H groups in total. The van der Waals surface area contributed by atoms with E-state index in [0.29, 0.717) is 26.1 Å². The van der Waals surface area contributed by atoms with E-state index in [9.17, 15) is 9.59 Å². The zero-order chi connectivity index (χ0) is 25.3. The number of nitrogens with one attached hydrogen (secondary N) is 2. The molecular formula is C25H24N4O3S3. The first-order chi connectivity index (χ1) is 16.7. The van der Waals surface area contributed by atoms with Gasteiger partial charge in [0, 0.05) is 25.3 Å². The smallest absolute Gasteiger partial charge is 0.341 e. The van der Waals surface area contributed by atoms with Gasteiger partial charge in [-0.3, -0.25) is 4.79 Å². The summed E-state index contributed by atoms with van der Waals surface area (Å²) in [4.78, 5) is 31.6. The zero-order valence-electron chi connectivity index (χ0n) is 19.9. The van der Waals surface area contributed by atoms with Gasteiger partial charge in [-0.1, -0.05) is 6.07 Å². The Morgan fingerprint density at radius 1 is 1.03 bits per heavy atom. The fraction of sp³-hybridized carbons (Fsp3) is 0.200. The number of thiocarbonyl (C=S) groups is 1. The van der Waals surface area contributed by atoms with E-state index >= 15 is 0 Å². The number of fused-ring (bicyclic) bond motifs is 1. The van der Waals surface area contributed by atoms with Gasteiger partial charge in [-0.2, -0.15) is 0 Å². The molecule has 2 aromatic heterocycles. The molecule has 4 aromatic rings. The Balaban J connectivity index is 1.51. The van der Waals surface area contributed by atoms with Crippen molar-refractivity contribution in [3.05, 3.63) is 64.0 Å². The lowest BCUT2D eigenvalue weighted by Gasteiger charge is -2.11. The monoisotopic (exact) mass is 524 g/mol. The van der Waals surface area contributed by atoms with E-state index in [4.69, 9.17) is 21.9 Å². The van der Waals surface area contributed by atoms with Gasteiger partial charge < -0.3 is 20.3 Å². The number of aryl methyl sites for hydroxylation is 1. The summed E-state index contributed by atoms with van der Waals surface area (Å²) in [6.07, 6.45) is 0. The molecule has 35 heavy (non-hydrogen) atoms. The lowest BCUT2D eigenvalue weighted by atomic mass is 10.1. The van der Waals surface area contributed by atoms with Crippen molar-refractivity contribution in [1.82, 2.24) is 9.88 Å². The van der Waals surface area contributed by atoms with E-state index in [1.807, 2.05) is 30.3 Å². The highest BCUT2D eigenvalue weighted by atomic mass is 32.1. The lowest BCUT2D eigenvalue weighted by molar-refractivity contribution is 0.0601. The van der Waals surface area contributed by atoms with E-state index in [1.165, 1.54) is 28.9 Å². The minimum atomic E-state index is -0.530. The van der Waals surface area contributed by atoms with Crippen LogP contribution in [-0.2, 0) is 4.74 Å². The second kappa shape index (κ2) is 10.1. The van der Waals surface area contributed by atoms with Crippen LogP contribution in [0, 0.1) is 13.8 Å². The van der Waals surface area contributed by atoms with Crippen LogP contribution in [0.2, 0.25) is 0 Å². The van der Waals surface area contributed by atoms with E-state index in [1.54, 1.807) is 32.4 Å². The van der Waals surface area contributed by atoms with Crippen LogP contribution in [-0.4, -0.2) is 48.1 Å². The molecule has 0 fully saturated rings. The maximum absolute atomic E-state index is 12.5. The first-order valence-electron chi connectivity index (χ1n) is 10.7. The number of aromatic nitrogens is 1. The molecule has 0 saturated carbocycles. The van der Waals surface area contributed by atoms with Crippen LogP contribution < -0.4 is 10.6 Å². The SMILES string of the molecule is COC(=O)c1c(NC(=S)Nc2ccc(-c3nc4ccc(C)cc4s3)cc2)sc(C(=O)N(C)C)c1C. The van der Waals surface area contributed by atoms with Crippen molar-refractivity contribution in [2.24, 2.45) is 0 Å². The predicted octanol–water partition coefficient (Wildman–Crippen LogP) is 5.94. The van der Waals surface area contributed by atoms with Crippen molar-refractivity contribution < 1.29 is 14.3 Å². The highest BCUT2D eigenvalue weighted by Crippen LogP contribution is 2.35. The fourth-order valence-corrected chi connectivity index (χ4v) is 6.05. The number of carbonyl (C=O) groups is 2. The summed E-state index contributed by atoms with van der Waals surface area (Å²) in [6, 6.07) is 14.1. The molecule has 0 atom stereocenters. The minimum absolute atomic E-state index is 0.190. The lowest BCUT2D eigenvalue weighted by Crippen LogP contribution is -2.21. The number of thiazole rings is 1. The van der Waals surface area contributed by atoms with Crippen LogP contribution in [0.25, 0.3) is 20.8 Å². The van der Waals surface area contributed by atoms with Crippen molar-refractivity contribution in [1.29, 1.82) is 0 Å². The molecule has 1 amide bonds. The third-order valence-electron chi connectivity index (χ3n) is 5.30. The molecule has 0 saturated heterocycles. The Morgan fingerprint density at radius 2 is 1.74 bits per heavy atom. The molecule has 180 valence electrons. The summed E-state index contributed by atoms with van der Waals surface area (Å²) in [5.74, 6) is -0.720. The average Bonchev–Trinajstić information content (AvgIpc) is 3.38. The van der Waals surface area contributed by atoms with Crippen LogP contribution in [0.5, 0.6) is 0 Å². The van der Waals surface area contributed by atoms with E-state index < -0.39 is 5.97 Å². The molecule has 10 heteroatoms. The van der Waals surface area contributed by atoms with Gasteiger partial charge in [0.25, 0.3) is 5.91 Å². The van der Waals surface area contributed by atoms with Crippen molar-refractivity contribution in [2.75, 3.05) is 31.8 Å². The zero-order valence-corrected chi connectivity index (χ0v) is 22.3. The Morgan fingerprint density at radius 3 is 2.40 bits per heavy atom. The third kappa shape index (κ3) is 5.19. The van der Waals surface area contributed by atoms with Crippen LogP contribution >= 0.6 is 34.9 Å². The van der Waals surface area contributed by atoms with Gasteiger partial charge in [0.1, 0.15) is 10.0 Å². The Hall–Kier alpha value is -3.34. The maximum Gasteiger partial charge on any atom is 0.341 e. The first kappa shape index (κ1) is 24.8. The van der Waals surface area contributed by atoms with Crippen molar-refractivity contribution in [3.63, 3.8) is 0 Å². The number of hydrogen-bond donors (Lipinski definition) is 2. The minimum Gasteiger partial charge on any atom is -0.465 e. The number of anilines is 2. The summed E-state index contributed by atoms with van der Waals surface area (Å²) in [5.41, 5.74) is 4.85. The number of methoxy groups -OCH3 is 1. The van der Waals surface area contributed by atoms with Gasteiger partial charge in [0.05, 0.1) is 27.8 Å². The standard InChI is InChI=1S/C25H24N4O3S3/c1-13-6-11-17-18(12-13)34-21(27-17)15-7-9-16(10-8-15)26-25(33)28-22-19(24(31)32-5)14(2)20(35-22)23(30)29(3)4/h6-12H,1-5H3,(H2,26,28,33). The van der Waals surface area contributed by atoms with Crippen molar-refractivity contribution in [3.8, 4) is 10.6 Å². The van der Waals surface area contributed by atoms with Crippen LogP contribution in [0.15, 0.2) is 42.5 Å². The number of rotatable bonds is 5. The molecule has 4 rings (SSSR count). The van der Waals surface area contributed by atoms with E-state index in [0.717, 1.165) is 26.5 Å². The highest BCUT2D eigenvalue weighted by molar-refractivity contribution is 7.80. The predicted molar refractivity (Wildman–Crippen MR) is 148 cm³/mol. The molecule has 7 nitrogen and oxygen atoms in total. The molecule has 2 aromatic carbocycles. The summed E-state index contributed by atoms with van der Waals surface area (Å²) in [7, 11) is 4.64. The summed E-state index contributed by atoms with van der Waals surface area (Å²) < 4.78 is 6.09. The first-order valence-corrected chi connectivity index (χ1v) is 12.7. The van der Waals surface area contributed by atoms with Gasteiger partial charge in [-0.25, -0.2) is 9.78 Å². The number of hydrogen-bond acceptors (Lipinski definition) is 7. The van der Waals surface area contributed by atoms with Crippen LogP contribution in [0.3, 0.4) is 0 Å². The van der Waals surface area contributed by atoms with Crippen molar-refractivity contribution in [2.45, 2.75) is 13.8 Å². The molecule has 0 spiro atoms. The number of nitrogens with zero attached hydrogens (tertiary/aromatic N) is 2. The third-order valence-corrected chi connectivity index (χ3v) is 7.76. The molecule has 0 unspecified atom stereocenters. The Kier molecular flexibility index (Phi) is 7.15. The molecule has 0 bridgehead atoms. The topological polar surface area (TPSA) is 83.6 Å². The fourth-order valence-electron chi connectivity index (χ4n) is 3.47. The maximum atomic E-state index is 12.5. The summed E-state index contributed by atoms with van der Waals surface area (Å²) in [6.45, 7) is 3.80. The highest BCUT2D eigenvalue weighted by Gasteiger charge is 2.26. The van der Waals surface area contributed by atoms with E-state index in [2.05, 4.69) is 29.7 Å². The Labute approximate surface area is 216 Å². The number of esters is 1. The van der Waals surface area contributed by atoms with E-state index in [-0.39, 0.29) is 5.91 Å². The number of amides is 1. The van der Waals surface area contributed by atoms with Gasteiger partial charge in [0.2, 0.25) is 0 Å². The van der Waals surface area contributed by atoms with Gasteiger partial charge in [-0.15, -0.1) is 22.7 Å². The second-order valence-corrected chi connectivity index (χ2v) is 10.6. The number of benzene rings is 2. The molecule has 0 aliphatic rings. The van der Waals surface area contributed by atoms with Gasteiger partial charge >= 0.3 is 5.97 Å². The largest absolute Gasteiger partial charge is 0.465 e. The normalized spacial score (nSPS) is 10.8. The molecule has 0 aliphatic carbocycles. The molecule has 2 heterocycles. The summed E-state index contributed by atoms with van der Waals surface area (Å²) in [5, 5.41) is 7.89. The van der Waals surface area contributed by atoms with Gasteiger partial charge in [-0.05, 0) is 73.6 Å². The van der Waals surface area contributed by atoms with Crippen molar-refractivity contribution >= 4 is 72.8 Å². The quantitative estimate of drug-likeness (QED) is 0.247. The average molecular weight is 525 g/mol. The molecule has 0 radical (unpaired) electrons. The molecule has 0 aliphatic heterocycles. The Bertz CT molecular complexity index is 1440. The second-order valence-electron chi connectivity index (χ2n) is 8.10. The summed E-state index contributed by atoms with van der Waals surface area (Å²) >= 11 is 8.31. The van der Waals surface area contributed by atoms with Crippen LogP contribution in [0.4, 0.5) is 10.7 Å². The van der Waals surface area contributed by atoms with Crippen LogP contribution in [0.1, 0.15) is 31.2 Å². The number of thiophene rings is 1. The van der Waals surface area contributed by atoms with Gasteiger partial charge in [0.15, 0.2) is 5.11 Å². The number of ether oxygens (including phenoxy) is 1.